The Morgan fingerprint density at radius 3 is 2.80 bits per heavy atom. The molecular formula is C11H14N2O5S2. The second-order valence-corrected chi connectivity index (χ2v) is 7.34. The molecule has 9 heteroatoms. The van der Waals surface area contributed by atoms with Gasteiger partial charge in [-0.05, 0) is 24.3 Å². The van der Waals surface area contributed by atoms with Gasteiger partial charge in [0, 0.05) is 6.54 Å². The van der Waals surface area contributed by atoms with Crippen LogP contribution in [-0.2, 0) is 14.8 Å². The molecular weight excluding hydrogens is 304 g/mol. The first-order valence-electron chi connectivity index (χ1n) is 5.89. The number of sulfonamides is 1. The second kappa shape index (κ2) is 5.51. The monoisotopic (exact) mass is 318 g/mol. The number of thiophene rings is 1. The fraction of sp³-hybridized carbons (Fsp3) is 0.455. The van der Waals surface area contributed by atoms with Crippen LogP contribution in [0.2, 0.25) is 0 Å². The van der Waals surface area contributed by atoms with Crippen molar-refractivity contribution < 1.29 is 23.1 Å². The summed E-state index contributed by atoms with van der Waals surface area (Å²) in [6.45, 7) is 0.313. The Labute approximate surface area is 120 Å². The quantitative estimate of drug-likeness (QED) is 0.855. The molecule has 1 unspecified atom stereocenters. The molecule has 0 radical (unpaired) electrons. The van der Waals surface area contributed by atoms with Crippen LogP contribution in [0.3, 0.4) is 0 Å². The van der Waals surface area contributed by atoms with E-state index in [0.717, 1.165) is 21.9 Å². The van der Waals surface area contributed by atoms with Gasteiger partial charge in [-0.25, -0.2) is 13.2 Å². The van der Waals surface area contributed by atoms with Crippen LogP contribution < -0.4 is 5.32 Å². The van der Waals surface area contributed by atoms with E-state index < -0.39 is 27.9 Å². The molecule has 1 atom stereocenters. The Kier molecular flexibility index (Phi) is 4.11. The Balaban J connectivity index is 2.16. The molecule has 1 aliphatic heterocycles. The molecule has 2 N–H and O–H groups in total. The Hall–Kier alpha value is -1.45. The second-order valence-electron chi connectivity index (χ2n) is 4.49. The molecule has 0 bridgehead atoms. The van der Waals surface area contributed by atoms with Crippen molar-refractivity contribution in [2.45, 2.75) is 18.9 Å². The number of hydrogen-bond acceptors (Lipinski definition) is 5. The maximum atomic E-state index is 12.1. The number of carboxylic acid groups (broad SMARTS) is 1. The van der Waals surface area contributed by atoms with E-state index in [1.54, 1.807) is 5.38 Å². The van der Waals surface area contributed by atoms with E-state index in [-0.39, 0.29) is 10.6 Å². The molecule has 0 spiro atoms. The zero-order chi connectivity index (χ0) is 14.9. The minimum absolute atomic E-state index is 0.00672. The topological polar surface area (TPSA) is 104 Å². The van der Waals surface area contributed by atoms with Gasteiger partial charge in [0.05, 0.1) is 11.8 Å². The third-order valence-corrected chi connectivity index (χ3v) is 5.18. The number of nitrogens with one attached hydrogen (secondary N) is 1. The number of rotatable bonds is 4. The summed E-state index contributed by atoms with van der Waals surface area (Å²) in [5.74, 6) is -1.62. The minimum Gasteiger partial charge on any atom is -0.478 e. The first-order valence-corrected chi connectivity index (χ1v) is 8.62. The van der Waals surface area contributed by atoms with Crippen LogP contribution in [0.4, 0.5) is 5.00 Å². The van der Waals surface area contributed by atoms with Gasteiger partial charge in [0.15, 0.2) is 0 Å². The fourth-order valence-electron chi connectivity index (χ4n) is 2.17. The summed E-state index contributed by atoms with van der Waals surface area (Å²) in [5.41, 5.74) is 0.00672. The summed E-state index contributed by atoms with van der Waals surface area (Å²) in [6, 6.07) is 0.625. The van der Waals surface area contributed by atoms with Gasteiger partial charge in [-0.3, -0.25) is 4.79 Å². The zero-order valence-electron chi connectivity index (χ0n) is 10.7. The van der Waals surface area contributed by atoms with Gasteiger partial charge >= 0.3 is 5.97 Å². The van der Waals surface area contributed by atoms with Crippen molar-refractivity contribution in [3.05, 3.63) is 17.0 Å². The summed E-state index contributed by atoms with van der Waals surface area (Å²) in [4.78, 5) is 23.1. The SMILES string of the molecule is CS(=O)(=O)N1CCCC1C(=O)Nc1sccc1C(=O)O. The number of carbonyl (C=O) groups is 2. The smallest absolute Gasteiger partial charge is 0.338 e. The van der Waals surface area contributed by atoms with Gasteiger partial charge in [-0.15, -0.1) is 11.3 Å². The normalized spacial score (nSPS) is 19.9. The maximum Gasteiger partial charge on any atom is 0.338 e. The van der Waals surface area contributed by atoms with Crippen LogP contribution in [0, 0.1) is 0 Å². The summed E-state index contributed by atoms with van der Waals surface area (Å²) < 4.78 is 24.3. The first-order chi connectivity index (χ1) is 9.30. The van der Waals surface area contributed by atoms with Crippen molar-refractivity contribution in [2.75, 3.05) is 18.1 Å². The van der Waals surface area contributed by atoms with Gasteiger partial charge in [-0.2, -0.15) is 4.31 Å². The summed E-state index contributed by atoms with van der Waals surface area (Å²) >= 11 is 1.09. The van der Waals surface area contributed by atoms with Crippen LogP contribution in [0.1, 0.15) is 23.2 Å². The summed E-state index contributed by atoms with van der Waals surface area (Å²) in [6.07, 6.45) is 2.11. The van der Waals surface area contributed by atoms with E-state index in [1.165, 1.54) is 6.07 Å². The van der Waals surface area contributed by atoms with Crippen molar-refractivity contribution in [1.82, 2.24) is 4.31 Å². The van der Waals surface area contributed by atoms with Crippen LogP contribution >= 0.6 is 11.3 Å². The molecule has 1 fully saturated rings. The highest BCUT2D eigenvalue weighted by atomic mass is 32.2. The number of amides is 1. The van der Waals surface area contributed by atoms with Crippen LogP contribution in [-0.4, -0.2) is 48.5 Å². The molecule has 0 saturated carbocycles. The van der Waals surface area contributed by atoms with Gasteiger partial charge in [-0.1, -0.05) is 0 Å². The van der Waals surface area contributed by atoms with Crippen molar-refractivity contribution >= 4 is 38.2 Å². The first kappa shape index (κ1) is 14.9. The molecule has 0 aliphatic carbocycles. The number of carboxylic acids is 1. The van der Waals surface area contributed by atoms with Crippen molar-refractivity contribution in [3.8, 4) is 0 Å². The predicted molar refractivity (Wildman–Crippen MR) is 74.5 cm³/mol. The highest BCUT2D eigenvalue weighted by Gasteiger charge is 2.36. The van der Waals surface area contributed by atoms with Crippen LogP contribution in [0.5, 0.6) is 0 Å². The molecule has 1 amide bonds. The Morgan fingerprint density at radius 2 is 2.20 bits per heavy atom. The molecule has 1 aliphatic rings. The lowest BCUT2D eigenvalue weighted by Crippen LogP contribution is -2.42. The molecule has 0 aromatic carbocycles. The lowest BCUT2D eigenvalue weighted by atomic mass is 10.2. The zero-order valence-corrected chi connectivity index (χ0v) is 12.3. The standard InChI is InChI=1S/C11H14N2O5S2/c1-20(17,18)13-5-2-3-8(13)9(14)12-10-7(11(15)16)4-6-19-10/h4,6,8H,2-3,5H2,1H3,(H,12,14)(H,15,16). The predicted octanol–water partition coefficient (Wildman–Crippen LogP) is 0.809. The van der Waals surface area contributed by atoms with E-state index in [9.17, 15) is 18.0 Å². The van der Waals surface area contributed by atoms with E-state index in [2.05, 4.69) is 5.32 Å². The van der Waals surface area contributed by atoms with Gasteiger partial charge in [0.25, 0.3) is 0 Å². The number of nitrogens with zero attached hydrogens (tertiary/aromatic N) is 1. The molecule has 1 aromatic rings. The third-order valence-electron chi connectivity index (χ3n) is 3.06. The van der Waals surface area contributed by atoms with Gasteiger partial charge in [0.1, 0.15) is 11.0 Å². The van der Waals surface area contributed by atoms with E-state index >= 15 is 0 Å². The van der Waals surface area contributed by atoms with E-state index in [0.29, 0.717) is 19.4 Å². The fourth-order valence-corrected chi connectivity index (χ4v) is 4.08. The molecule has 2 rings (SSSR count). The molecule has 7 nitrogen and oxygen atoms in total. The minimum atomic E-state index is -3.44. The average molecular weight is 318 g/mol. The third kappa shape index (κ3) is 3.00. The van der Waals surface area contributed by atoms with E-state index in [4.69, 9.17) is 5.11 Å². The highest BCUT2D eigenvalue weighted by Crippen LogP contribution is 2.26. The molecule has 110 valence electrons. The molecule has 1 aromatic heterocycles. The summed E-state index contributed by atoms with van der Waals surface area (Å²) in [7, 11) is -3.44. The number of hydrogen-bond donors (Lipinski definition) is 2. The molecule has 2 heterocycles. The number of carbonyl (C=O) groups excluding carboxylic acids is 1. The maximum absolute atomic E-state index is 12.1. The number of aromatic carboxylic acids is 1. The van der Waals surface area contributed by atoms with Crippen molar-refractivity contribution in [1.29, 1.82) is 0 Å². The molecule has 1 saturated heterocycles. The largest absolute Gasteiger partial charge is 0.478 e. The molecule has 20 heavy (non-hydrogen) atoms. The lowest BCUT2D eigenvalue weighted by Gasteiger charge is -2.21. The van der Waals surface area contributed by atoms with Gasteiger partial charge in [0.2, 0.25) is 15.9 Å². The average Bonchev–Trinajstić information content (AvgIpc) is 2.95. The van der Waals surface area contributed by atoms with Crippen LogP contribution in [0.15, 0.2) is 11.4 Å². The van der Waals surface area contributed by atoms with Crippen LogP contribution in [0.25, 0.3) is 0 Å². The van der Waals surface area contributed by atoms with E-state index in [1.807, 2.05) is 0 Å². The Morgan fingerprint density at radius 1 is 1.50 bits per heavy atom. The van der Waals surface area contributed by atoms with Crippen molar-refractivity contribution in [2.24, 2.45) is 0 Å². The van der Waals surface area contributed by atoms with Crippen molar-refractivity contribution in [3.63, 3.8) is 0 Å². The number of anilines is 1. The van der Waals surface area contributed by atoms with Gasteiger partial charge < -0.3 is 10.4 Å². The Bertz CT molecular complexity index is 637. The lowest BCUT2D eigenvalue weighted by molar-refractivity contribution is -0.119. The summed E-state index contributed by atoms with van der Waals surface area (Å²) in [5, 5.41) is 13.3. The highest BCUT2D eigenvalue weighted by molar-refractivity contribution is 7.88.